The van der Waals surface area contributed by atoms with Crippen molar-refractivity contribution in [3.05, 3.63) is 11.8 Å². The number of anilines is 1. The fourth-order valence-corrected chi connectivity index (χ4v) is 3.54. The molecule has 7 heteroatoms. The standard InChI is InChI=1S/C14H23N5O2/c1-8-6-10(15)19(17-8)7-11(20)16-12-9-4-5-21-14(9)13(12)18(2)3/h6,9,12-14H,4-5,7,15H2,1-3H3,(H,16,20)/t9-,12+,13-,14-/m1/s1. The van der Waals surface area contributed by atoms with E-state index in [-0.39, 0.29) is 30.6 Å². The SMILES string of the molecule is Cc1cc(N)n(CC(=O)N[C@H]2[C@H]3CCO[C@H]3[C@@H]2N(C)C)n1. The lowest BCUT2D eigenvalue weighted by molar-refractivity contribution is -0.128. The van der Waals surface area contributed by atoms with Crippen LogP contribution in [0.5, 0.6) is 0 Å². The molecule has 2 heterocycles. The van der Waals surface area contributed by atoms with Gasteiger partial charge in [-0.2, -0.15) is 5.10 Å². The minimum atomic E-state index is -0.0491. The molecule has 21 heavy (non-hydrogen) atoms. The van der Waals surface area contributed by atoms with E-state index in [9.17, 15) is 4.79 Å². The number of nitrogens with zero attached hydrogens (tertiary/aromatic N) is 3. The van der Waals surface area contributed by atoms with Crippen molar-refractivity contribution in [2.24, 2.45) is 5.92 Å². The van der Waals surface area contributed by atoms with E-state index >= 15 is 0 Å². The van der Waals surface area contributed by atoms with Crippen molar-refractivity contribution < 1.29 is 9.53 Å². The van der Waals surface area contributed by atoms with Gasteiger partial charge in [-0.25, -0.2) is 4.68 Å². The minimum absolute atomic E-state index is 0.0491. The third-order valence-corrected chi connectivity index (χ3v) is 4.50. The molecule has 2 aliphatic rings. The van der Waals surface area contributed by atoms with Crippen molar-refractivity contribution in [2.45, 2.75) is 38.1 Å². The number of nitrogen functional groups attached to an aromatic ring is 1. The van der Waals surface area contributed by atoms with E-state index in [1.807, 2.05) is 21.0 Å². The second-order valence-corrected chi connectivity index (χ2v) is 6.20. The molecule has 1 aromatic heterocycles. The Hall–Kier alpha value is -1.60. The van der Waals surface area contributed by atoms with Crippen LogP contribution < -0.4 is 11.1 Å². The van der Waals surface area contributed by atoms with Gasteiger partial charge in [-0.3, -0.25) is 4.79 Å². The van der Waals surface area contributed by atoms with E-state index in [1.165, 1.54) is 4.68 Å². The number of likely N-dealkylation sites (N-methyl/N-ethyl adjacent to an activating group) is 1. The van der Waals surface area contributed by atoms with Gasteiger partial charge in [0.1, 0.15) is 12.4 Å². The highest BCUT2D eigenvalue weighted by Crippen LogP contribution is 2.41. The number of hydrogen-bond acceptors (Lipinski definition) is 5. The summed E-state index contributed by atoms with van der Waals surface area (Å²) in [6.45, 7) is 2.81. The molecule has 1 aliphatic heterocycles. The van der Waals surface area contributed by atoms with Crippen LogP contribution in [0.2, 0.25) is 0 Å². The highest BCUT2D eigenvalue weighted by Gasteiger charge is 2.55. The number of rotatable bonds is 4. The molecule has 0 aromatic carbocycles. The largest absolute Gasteiger partial charge is 0.384 e. The summed E-state index contributed by atoms with van der Waals surface area (Å²) < 4.78 is 7.29. The number of hydrogen-bond donors (Lipinski definition) is 2. The number of ether oxygens (including phenoxy) is 1. The van der Waals surface area contributed by atoms with Gasteiger partial charge in [-0.15, -0.1) is 0 Å². The molecule has 4 atom stereocenters. The summed E-state index contributed by atoms with van der Waals surface area (Å²) in [6.07, 6.45) is 1.27. The van der Waals surface area contributed by atoms with Crippen molar-refractivity contribution >= 4 is 11.7 Å². The molecule has 1 saturated carbocycles. The Labute approximate surface area is 124 Å². The average molecular weight is 293 g/mol. The zero-order valence-corrected chi connectivity index (χ0v) is 12.7. The van der Waals surface area contributed by atoms with Crippen LogP contribution in [-0.4, -0.2) is 59.5 Å². The smallest absolute Gasteiger partial charge is 0.242 e. The second-order valence-electron chi connectivity index (χ2n) is 6.20. The molecule has 2 fully saturated rings. The van der Waals surface area contributed by atoms with Crippen molar-refractivity contribution in [3.63, 3.8) is 0 Å². The van der Waals surface area contributed by atoms with E-state index in [0.29, 0.717) is 11.7 Å². The van der Waals surface area contributed by atoms with Crippen LogP contribution in [0.1, 0.15) is 12.1 Å². The molecule has 1 aromatic rings. The predicted molar refractivity (Wildman–Crippen MR) is 78.6 cm³/mol. The van der Waals surface area contributed by atoms with Gasteiger partial charge in [0.15, 0.2) is 0 Å². The van der Waals surface area contributed by atoms with E-state index < -0.39 is 0 Å². The zero-order valence-electron chi connectivity index (χ0n) is 12.7. The quantitative estimate of drug-likeness (QED) is 0.789. The molecule has 1 saturated heterocycles. The van der Waals surface area contributed by atoms with Gasteiger partial charge in [0.2, 0.25) is 5.91 Å². The summed E-state index contributed by atoms with van der Waals surface area (Å²) in [7, 11) is 4.05. The predicted octanol–water partition coefficient (Wildman–Crippen LogP) is -0.393. The van der Waals surface area contributed by atoms with Gasteiger partial charge in [0, 0.05) is 18.6 Å². The highest BCUT2D eigenvalue weighted by atomic mass is 16.5. The monoisotopic (exact) mass is 293 g/mol. The van der Waals surface area contributed by atoms with Crippen molar-refractivity contribution in [2.75, 3.05) is 26.4 Å². The number of fused-ring (bicyclic) bond motifs is 1. The zero-order chi connectivity index (χ0) is 15.1. The van der Waals surface area contributed by atoms with E-state index in [0.717, 1.165) is 18.7 Å². The summed E-state index contributed by atoms with van der Waals surface area (Å²) >= 11 is 0. The van der Waals surface area contributed by atoms with Crippen molar-refractivity contribution in [1.82, 2.24) is 20.0 Å². The fourth-order valence-electron chi connectivity index (χ4n) is 3.54. The molecule has 1 amide bonds. The third kappa shape index (κ3) is 2.51. The summed E-state index contributed by atoms with van der Waals surface area (Å²) in [5.74, 6) is 0.896. The van der Waals surface area contributed by atoms with Crippen molar-refractivity contribution in [1.29, 1.82) is 0 Å². The lowest BCUT2D eigenvalue weighted by Crippen LogP contribution is -2.69. The summed E-state index contributed by atoms with van der Waals surface area (Å²) in [6, 6.07) is 2.16. The first-order valence-electron chi connectivity index (χ1n) is 7.34. The van der Waals surface area contributed by atoms with Crippen LogP contribution >= 0.6 is 0 Å². The normalized spacial score (nSPS) is 31.0. The summed E-state index contributed by atoms with van der Waals surface area (Å²) in [5.41, 5.74) is 6.64. The molecule has 0 radical (unpaired) electrons. The van der Waals surface area contributed by atoms with Gasteiger partial charge in [0.05, 0.1) is 23.9 Å². The Morgan fingerprint density at radius 1 is 1.62 bits per heavy atom. The number of amides is 1. The Bertz CT molecular complexity index is 541. The molecule has 0 bridgehead atoms. The second kappa shape index (κ2) is 5.31. The van der Waals surface area contributed by atoms with Gasteiger partial charge < -0.3 is 20.7 Å². The molecule has 0 spiro atoms. The molecule has 3 N–H and O–H groups in total. The van der Waals surface area contributed by atoms with Crippen LogP contribution in [-0.2, 0) is 16.1 Å². The Kier molecular flexibility index (Phi) is 3.62. The maximum Gasteiger partial charge on any atom is 0.242 e. The van der Waals surface area contributed by atoms with Gasteiger partial charge in [-0.1, -0.05) is 0 Å². The van der Waals surface area contributed by atoms with Crippen LogP contribution in [0.4, 0.5) is 5.82 Å². The Balaban J connectivity index is 1.63. The van der Waals surface area contributed by atoms with Crippen LogP contribution in [0.25, 0.3) is 0 Å². The van der Waals surface area contributed by atoms with Crippen molar-refractivity contribution in [3.8, 4) is 0 Å². The third-order valence-electron chi connectivity index (χ3n) is 4.50. The highest BCUT2D eigenvalue weighted by molar-refractivity contribution is 5.76. The number of aryl methyl sites for hydroxylation is 1. The number of nitrogens with one attached hydrogen (secondary N) is 1. The molecule has 7 nitrogen and oxygen atoms in total. The van der Waals surface area contributed by atoms with Gasteiger partial charge >= 0.3 is 0 Å². The fraction of sp³-hybridized carbons (Fsp3) is 0.714. The maximum atomic E-state index is 12.2. The molecule has 1 aliphatic carbocycles. The van der Waals surface area contributed by atoms with Gasteiger partial charge in [0.25, 0.3) is 0 Å². The van der Waals surface area contributed by atoms with Gasteiger partial charge in [-0.05, 0) is 27.4 Å². The molecule has 116 valence electrons. The summed E-state index contributed by atoms with van der Waals surface area (Å²) in [4.78, 5) is 14.4. The van der Waals surface area contributed by atoms with E-state index in [4.69, 9.17) is 10.5 Å². The van der Waals surface area contributed by atoms with Crippen LogP contribution in [0.15, 0.2) is 6.07 Å². The Morgan fingerprint density at radius 2 is 2.38 bits per heavy atom. The number of aromatic nitrogens is 2. The number of carbonyl (C=O) groups excluding carboxylic acids is 1. The first-order valence-corrected chi connectivity index (χ1v) is 7.34. The molecule has 3 rings (SSSR count). The van der Waals surface area contributed by atoms with Crippen LogP contribution in [0.3, 0.4) is 0 Å². The average Bonchev–Trinajstić information content (AvgIpc) is 2.91. The number of carbonyl (C=O) groups is 1. The molecular weight excluding hydrogens is 270 g/mol. The summed E-state index contributed by atoms with van der Waals surface area (Å²) in [5, 5.41) is 7.34. The molecular formula is C14H23N5O2. The first-order chi connectivity index (χ1) is 9.97. The van der Waals surface area contributed by atoms with E-state index in [2.05, 4.69) is 15.3 Å². The minimum Gasteiger partial charge on any atom is -0.384 e. The topological polar surface area (TPSA) is 85.4 Å². The first kappa shape index (κ1) is 14.3. The maximum absolute atomic E-state index is 12.2. The lowest BCUT2D eigenvalue weighted by atomic mass is 9.71. The molecule has 0 unspecified atom stereocenters. The van der Waals surface area contributed by atoms with E-state index in [1.54, 1.807) is 6.07 Å². The van der Waals surface area contributed by atoms with Crippen LogP contribution in [0, 0.1) is 12.8 Å². The number of nitrogens with two attached hydrogens (primary N) is 1. The Morgan fingerprint density at radius 3 is 3.00 bits per heavy atom. The lowest BCUT2D eigenvalue weighted by Gasteiger charge is -2.50.